The molecule has 0 spiro atoms. The molecule has 0 aromatic carbocycles. The third kappa shape index (κ3) is 3.74. The number of thiazole rings is 1. The van der Waals surface area contributed by atoms with Crippen molar-refractivity contribution in [3.8, 4) is 10.4 Å². The highest BCUT2D eigenvalue weighted by atomic mass is 32.1. The van der Waals surface area contributed by atoms with E-state index in [0.717, 1.165) is 10.4 Å². The molecule has 25 heavy (non-hydrogen) atoms. The van der Waals surface area contributed by atoms with Crippen molar-refractivity contribution in [3.05, 3.63) is 54.1 Å². The molecule has 0 unspecified atom stereocenters. The zero-order valence-electron chi connectivity index (χ0n) is 12.4. The van der Waals surface area contributed by atoms with Crippen LogP contribution in [-0.2, 0) is 6.18 Å². The fourth-order valence-corrected chi connectivity index (χ4v) is 2.78. The van der Waals surface area contributed by atoms with E-state index in [1.807, 2.05) is 0 Å². The number of hydrogen-bond donors (Lipinski definition) is 2. The summed E-state index contributed by atoms with van der Waals surface area (Å²) >= 11 is 1.17. The summed E-state index contributed by atoms with van der Waals surface area (Å²) in [4.78, 5) is 24.4. The Hall–Kier alpha value is -3.01. The highest BCUT2D eigenvalue weighted by Gasteiger charge is 2.32. The van der Waals surface area contributed by atoms with Gasteiger partial charge in [0.25, 0.3) is 5.91 Å². The van der Waals surface area contributed by atoms with Crippen LogP contribution >= 0.6 is 11.3 Å². The van der Waals surface area contributed by atoms with E-state index in [9.17, 15) is 18.0 Å². The summed E-state index contributed by atoms with van der Waals surface area (Å²) in [6, 6.07) is 4.21. The minimum atomic E-state index is -4.62. The van der Waals surface area contributed by atoms with E-state index in [1.165, 1.54) is 11.3 Å². The van der Waals surface area contributed by atoms with Crippen LogP contribution in [0.5, 0.6) is 0 Å². The molecule has 10 heteroatoms. The lowest BCUT2D eigenvalue weighted by Crippen LogP contribution is -2.17. The molecule has 3 rings (SSSR count). The molecule has 0 fully saturated rings. The maximum absolute atomic E-state index is 12.8. The number of carbonyl (C=O) groups excluding carboxylic acids is 1. The minimum Gasteiger partial charge on any atom is -0.383 e. The Balaban J connectivity index is 1.83. The van der Waals surface area contributed by atoms with Crippen LogP contribution in [0.25, 0.3) is 10.4 Å². The van der Waals surface area contributed by atoms with Gasteiger partial charge in [0, 0.05) is 24.8 Å². The number of halogens is 3. The lowest BCUT2D eigenvalue weighted by atomic mass is 10.1. The van der Waals surface area contributed by atoms with E-state index in [4.69, 9.17) is 5.73 Å². The SMILES string of the molecule is Nc1ncc(C(F)(F)F)cc1C(=O)Nc1ncc(-c2ccncc2)s1. The number of nitrogens with one attached hydrogen (secondary N) is 1. The van der Waals surface area contributed by atoms with Crippen LogP contribution in [0.1, 0.15) is 15.9 Å². The van der Waals surface area contributed by atoms with Crippen LogP contribution in [-0.4, -0.2) is 20.9 Å². The Morgan fingerprint density at radius 3 is 2.56 bits per heavy atom. The van der Waals surface area contributed by atoms with Gasteiger partial charge in [0.2, 0.25) is 0 Å². The van der Waals surface area contributed by atoms with Crippen molar-refractivity contribution >= 4 is 28.2 Å². The van der Waals surface area contributed by atoms with Crippen LogP contribution in [0, 0.1) is 0 Å². The molecule has 0 radical (unpaired) electrons. The Labute approximate surface area is 143 Å². The summed E-state index contributed by atoms with van der Waals surface area (Å²) in [5, 5.41) is 2.66. The second-order valence-corrected chi connectivity index (χ2v) is 5.90. The van der Waals surface area contributed by atoms with Crippen LogP contribution in [0.4, 0.5) is 24.1 Å². The lowest BCUT2D eigenvalue weighted by molar-refractivity contribution is -0.137. The van der Waals surface area contributed by atoms with E-state index in [2.05, 4.69) is 20.3 Å². The molecule has 3 aromatic rings. The number of nitrogens with two attached hydrogens (primary N) is 1. The zero-order valence-corrected chi connectivity index (χ0v) is 13.2. The number of pyridine rings is 2. The summed E-state index contributed by atoms with van der Waals surface area (Å²) in [5.74, 6) is -1.11. The fourth-order valence-electron chi connectivity index (χ4n) is 1.96. The number of hydrogen-bond acceptors (Lipinski definition) is 6. The number of anilines is 2. The standard InChI is InChI=1S/C15H10F3N5OS/c16-15(17,18)9-5-10(12(19)21-6-9)13(24)23-14-22-7-11(25-14)8-1-3-20-4-2-8/h1-7H,(H2,19,21)(H,22,23,24). The maximum atomic E-state index is 12.8. The Bertz CT molecular complexity index is 911. The molecule has 6 nitrogen and oxygen atoms in total. The molecular formula is C15H10F3N5OS. The number of aromatic nitrogens is 3. The van der Waals surface area contributed by atoms with Gasteiger partial charge in [0.15, 0.2) is 5.13 Å². The molecule has 3 N–H and O–H groups in total. The van der Waals surface area contributed by atoms with E-state index < -0.39 is 17.6 Å². The van der Waals surface area contributed by atoms with Gasteiger partial charge in [0.05, 0.1) is 16.0 Å². The average molecular weight is 365 g/mol. The lowest BCUT2D eigenvalue weighted by Gasteiger charge is -2.09. The topological polar surface area (TPSA) is 93.8 Å². The van der Waals surface area contributed by atoms with Crippen molar-refractivity contribution in [2.45, 2.75) is 6.18 Å². The van der Waals surface area contributed by atoms with E-state index in [0.29, 0.717) is 12.3 Å². The third-order valence-corrected chi connectivity index (χ3v) is 4.14. The van der Waals surface area contributed by atoms with Gasteiger partial charge < -0.3 is 5.73 Å². The number of alkyl halides is 3. The monoisotopic (exact) mass is 365 g/mol. The predicted molar refractivity (Wildman–Crippen MR) is 86.9 cm³/mol. The van der Waals surface area contributed by atoms with E-state index >= 15 is 0 Å². The van der Waals surface area contributed by atoms with Crippen molar-refractivity contribution in [1.29, 1.82) is 0 Å². The molecule has 3 aromatic heterocycles. The highest BCUT2D eigenvalue weighted by Crippen LogP contribution is 2.31. The molecule has 128 valence electrons. The van der Waals surface area contributed by atoms with Crippen molar-refractivity contribution in [2.24, 2.45) is 0 Å². The van der Waals surface area contributed by atoms with Gasteiger partial charge in [-0.15, -0.1) is 0 Å². The summed E-state index contributed by atoms with van der Waals surface area (Å²) in [6.07, 6.45) is 0.733. The minimum absolute atomic E-state index is 0.230. The van der Waals surface area contributed by atoms with Crippen molar-refractivity contribution < 1.29 is 18.0 Å². The first-order valence-electron chi connectivity index (χ1n) is 6.85. The van der Waals surface area contributed by atoms with Gasteiger partial charge in [-0.25, -0.2) is 9.97 Å². The van der Waals surface area contributed by atoms with Gasteiger partial charge in [-0.2, -0.15) is 13.2 Å². The van der Waals surface area contributed by atoms with E-state index in [-0.39, 0.29) is 16.5 Å². The normalized spacial score (nSPS) is 11.3. The molecule has 3 heterocycles. The maximum Gasteiger partial charge on any atom is 0.417 e. The first-order valence-corrected chi connectivity index (χ1v) is 7.66. The van der Waals surface area contributed by atoms with Crippen LogP contribution in [0.15, 0.2) is 43.0 Å². The molecule has 0 saturated carbocycles. The highest BCUT2D eigenvalue weighted by molar-refractivity contribution is 7.19. The molecule has 0 aliphatic heterocycles. The smallest absolute Gasteiger partial charge is 0.383 e. The quantitative estimate of drug-likeness (QED) is 0.741. The van der Waals surface area contributed by atoms with Crippen LogP contribution in [0.3, 0.4) is 0 Å². The Morgan fingerprint density at radius 2 is 1.88 bits per heavy atom. The number of rotatable bonds is 3. The molecule has 0 bridgehead atoms. The van der Waals surface area contributed by atoms with E-state index in [1.54, 1.807) is 30.7 Å². The van der Waals surface area contributed by atoms with Crippen LogP contribution in [0.2, 0.25) is 0 Å². The van der Waals surface area contributed by atoms with Gasteiger partial charge >= 0.3 is 6.18 Å². The average Bonchev–Trinajstić information content (AvgIpc) is 3.03. The molecule has 0 atom stereocenters. The van der Waals surface area contributed by atoms with Gasteiger partial charge in [0.1, 0.15) is 5.82 Å². The van der Waals surface area contributed by atoms with Crippen molar-refractivity contribution in [1.82, 2.24) is 15.0 Å². The van der Waals surface area contributed by atoms with Gasteiger partial charge in [-0.1, -0.05) is 11.3 Å². The first kappa shape index (κ1) is 16.8. The summed E-state index contributed by atoms with van der Waals surface area (Å²) in [5.41, 5.74) is 4.96. The largest absolute Gasteiger partial charge is 0.417 e. The number of carbonyl (C=O) groups is 1. The second-order valence-electron chi connectivity index (χ2n) is 4.87. The summed E-state index contributed by atoms with van der Waals surface area (Å²) in [7, 11) is 0. The Morgan fingerprint density at radius 1 is 1.16 bits per heavy atom. The summed E-state index contributed by atoms with van der Waals surface area (Å²) in [6.45, 7) is 0. The molecule has 0 aliphatic rings. The first-order chi connectivity index (χ1) is 11.8. The van der Waals surface area contributed by atoms with Gasteiger partial charge in [-0.3, -0.25) is 15.1 Å². The van der Waals surface area contributed by atoms with Crippen molar-refractivity contribution in [3.63, 3.8) is 0 Å². The molecule has 0 saturated heterocycles. The number of amides is 1. The second kappa shape index (κ2) is 6.48. The molecular weight excluding hydrogens is 355 g/mol. The fraction of sp³-hybridized carbons (Fsp3) is 0.0667. The molecule has 1 amide bonds. The van der Waals surface area contributed by atoms with Gasteiger partial charge in [-0.05, 0) is 23.8 Å². The third-order valence-electron chi connectivity index (χ3n) is 3.18. The molecule has 0 aliphatic carbocycles. The predicted octanol–water partition coefficient (Wildman–Crippen LogP) is 3.45. The van der Waals surface area contributed by atoms with Crippen LogP contribution < -0.4 is 11.1 Å². The Kier molecular flexibility index (Phi) is 4.36. The number of nitrogen functional groups attached to an aromatic ring is 1. The van der Waals surface area contributed by atoms with Crippen molar-refractivity contribution in [2.75, 3.05) is 11.1 Å². The zero-order chi connectivity index (χ0) is 18.0. The summed E-state index contributed by atoms with van der Waals surface area (Å²) < 4.78 is 38.3. The number of nitrogens with zero attached hydrogens (tertiary/aromatic N) is 3.